The Kier molecular flexibility index (Phi) is 5.72. The van der Waals surface area contributed by atoms with E-state index < -0.39 is 48.7 Å². The van der Waals surface area contributed by atoms with E-state index in [1.54, 1.807) is 25.1 Å². The van der Waals surface area contributed by atoms with Crippen molar-refractivity contribution >= 4 is 64.2 Å². The van der Waals surface area contributed by atoms with Crippen LogP contribution in [0.25, 0.3) is 0 Å². The number of rotatable bonds is 5. The normalized spacial score (nSPS) is 31.8. The van der Waals surface area contributed by atoms with Crippen LogP contribution in [-0.4, -0.2) is 52.5 Å². The van der Waals surface area contributed by atoms with Gasteiger partial charge >= 0.3 is 5.97 Å². The summed E-state index contributed by atoms with van der Waals surface area (Å²) in [6.45, 7) is 0.712. The zero-order valence-electron chi connectivity index (χ0n) is 15.9. The Morgan fingerprint density at radius 3 is 2.33 bits per heavy atom. The molecule has 7 nitrogen and oxygen atoms in total. The third-order valence-electron chi connectivity index (χ3n) is 6.20. The van der Waals surface area contributed by atoms with Crippen LogP contribution in [0.3, 0.4) is 0 Å². The fourth-order valence-corrected chi connectivity index (χ4v) is 5.87. The topological polar surface area (TPSA) is 92.8 Å². The molecule has 3 amide bonds. The van der Waals surface area contributed by atoms with Crippen LogP contribution >= 0.6 is 34.8 Å². The van der Waals surface area contributed by atoms with Gasteiger partial charge in [-0.15, -0.1) is 23.2 Å². The quantitative estimate of drug-likeness (QED) is 0.403. The highest BCUT2D eigenvalue weighted by atomic mass is 35.5. The van der Waals surface area contributed by atoms with Crippen LogP contribution in [0.2, 0.25) is 5.02 Å². The van der Waals surface area contributed by atoms with Crippen molar-refractivity contribution in [3.8, 4) is 0 Å². The third-order valence-corrected chi connectivity index (χ3v) is 7.76. The molecule has 30 heavy (non-hydrogen) atoms. The molecular formula is C20H19Cl3N2O5. The Morgan fingerprint density at radius 2 is 1.73 bits per heavy atom. The first-order valence-corrected chi connectivity index (χ1v) is 10.8. The molecule has 3 aliphatic rings. The molecule has 10 heteroatoms. The number of alkyl halides is 2. The molecule has 1 saturated heterocycles. The van der Waals surface area contributed by atoms with Crippen molar-refractivity contribution in [3.63, 3.8) is 0 Å². The number of hydrogen-bond acceptors (Lipinski definition) is 5. The first kappa shape index (κ1) is 21.4. The molecule has 6 atom stereocenters. The Morgan fingerprint density at radius 1 is 1.13 bits per heavy atom. The Labute approximate surface area is 188 Å². The Bertz CT molecular complexity index is 907. The first-order chi connectivity index (χ1) is 14.2. The van der Waals surface area contributed by atoms with Crippen molar-refractivity contribution in [1.82, 2.24) is 4.90 Å². The minimum atomic E-state index is -0.841. The third kappa shape index (κ3) is 3.57. The average molecular weight is 474 g/mol. The van der Waals surface area contributed by atoms with Gasteiger partial charge in [0.05, 0.1) is 22.6 Å². The Balaban J connectivity index is 1.32. The number of hydrogen-bond donors (Lipinski definition) is 1. The lowest BCUT2D eigenvalue weighted by atomic mass is 9.80. The SMILES string of the molecule is Cc1ccc(Cl)cc1NC(=O)COC(=O)CN1C(=O)[C@@H]2[C@H]3C[C@@H]([C@H](Cl)[C@@H]3Cl)[C@@H]2C1=O. The maximum atomic E-state index is 12.7. The highest BCUT2D eigenvalue weighted by Crippen LogP contribution is 2.59. The zero-order valence-corrected chi connectivity index (χ0v) is 18.2. The number of ether oxygens (including phenoxy) is 1. The minimum absolute atomic E-state index is 0.159. The number of benzene rings is 1. The number of imide groups is 1. The second-order valence-corrected chi connectivity index (χ2v) is 9.38. The molecule has 1 N–H and O–H groups in total. The zero-order chi connectivity index (χ0) is 21.7. The van der Waals surface area contributed by atoms with Crippen molar-refractivity contribution in [2.75, 3.05) is 18.5 Å². The predicted octanol–water partition coefficient (Wildman–Crippen LogP) is 2.60. The summed E-state index contributed by atoms with van der Waals surface area (Å²) < 4.78 is 4.96. The fourth-order valence-electron chi connectivity index (χ4n) is 4.80. The summed E-state index contributed by atoms with van der Waals surface area (Å²) in [7, 11) is 0. The fraction of sp³-hybridized carbons (Fsp3) is 0.500. The summed E-state index contributed by atoms with van der Waals surface area (Å²) in [6, 6.07) is 5.02. The average Bonchev–Trinajstić information content (AvgIpc) is 3.30. The van der Waals surface area contributed by atoms with Crippen molar-refractivity contribution < 1.29 is 23.9 Å². The molecule has 0 radical (unpaired) electrons. The van der Waals surface area contributed by atoms with E-state index in [-0.39, 0.29) is 22.6 Å². The second-order valence-electron chi connectivity index (χ2n) is 7.93. The van der Waals surface area contributed by atoms with Crippen LogP contribution in [0.4, 0.5) is 5.69 Å². The van der Waals surface area contributed by atoms with E-state index in [9.17, 15) is 19.2 Å². The van der Waals surface area contributed by atoms with E-state index >= 15 is 0 Å². The largest absolute Gasteiger partial charge is 0.454 e. The van der Waals surface area contributed by atoms with Gasteiger partial charge < -0.3 is 10.1 Å². The number of esters is 1. The summed E-state index contributed by atoms with van der Waals surface area (Å²) in [4.78, 5) is 50.6. The van der Waals surface area contributed by atoms with Gasteiger partial charge in [0, 0.05) is 10.7 Å². The number of aryl methyl sites for hydroxylation is 1. The highest BCUT2D eigenvalue weighted by molar-refractivity contribution is 6.31. The molecule has 0 spiro atoms. The number of carbonyl (C=O) groups is 4. The van der Waals surface area contributed by atoms with E-state index in [0.29, 0.717) is 17.1 Å². The number of anilines is 1. The van der Waals surface area contributed by atoms with Crippen molar-refractivity contribution in [2.45, 2.75) is 24.1 Å². The minimum Gasteiger partial charge on any atom is -0.454 e. The number of carbonyl (C=O) groups excluding carboxylic acids is 4. The van der Waals surface area contributed by atoms with Gasteiger partial charge in [-0.25, -0.2) is 0 Å². The second kappa shape index (κ2) is 8.02. The monoisotopic (exact) mass is 472 g/mol. The molecule has 3 fully saturated rings. The van der Waals surface area contributed by atoms with Gasteiger partial charge in [0.25, 0.3) is 5.91 Å². The van der Waals surface area contributed by atoms with Gasteiger partial charge in [-0.1, -0.05) is 17.7 Å². The van der Waals surface area contributed by atoms with Gasteiger partial charge in [-0.3, -0.25) is 24.1 Å². The van der Waals surface area contributed by atoms with Crippen LogP contribution in [0.1, 0.15) is 12.0 Å². The molecule has 1 aliphatic heterocycles. The lowest BCUT2D eigenvalue weighted by Gasteiger charge is -2.28. The summed E-state index contributed by atoms with van der Waals surface area (Å²) in [5.74, 6) is -3.60. The van der Waals surface area contributed by atoms with Crippen molar-refractivity contribution in [2.24, 2.45) is 23.7 Å². The van der Waals surface area contributed by atoms with Gasteiger partial charge in [-0.05, 0) is 42.9 Å². The smallest absolute Gasteiger partial charge is 0.326 e. The number of nitrogens with one attached hydrogen (secondary N) is 1. The maximum Gasteiger partial charge on any atom is 0.326 e. The molecule has 2 bridgehead atoms. The van der Waals surface area contributed by atoms with E-state index in [1.807, 2.05) is 0 Å². The lowest BCUT2D eigenvalue weighted by Crippen LogP contribution is -2.38. The van der Waals surface area contributed by atoms with Crippen LogP contribution in [0.5, 0.6) is 0 Å². The molecule has 1 aromatic rings. The van der Waals surface area contributed by atoms with E-state index in [0.717, 1.165) is 10.5 Å². The molecule has 4 rings (SSSR count). The van der Waals surface area contributed by atoms with Crippen LogP contribution in [0, 0.1) is 30.6 Å². The van der Waals surface area contributed by atoms with E-state index in [2.05, 4.69) is 5.32 Å². The predicted molar refractivity (Wildman–Crippen MR) is 110 cm³/mol. The number of nitrogens with zero attached hydrogens (tertiary/aromatic N) is 1. The highest BCUT2D eigenvalue weighted by Gasteiger charge is 2.66. The standard InChI is InChI=1S/C20H19Cl3N2O5/c1-8-2-3-9(21)4-12(8)24-13(26)7-30-14(27)6-25-19(28)15-10-5-11(16(15)20(25)29)18(23)17(10)22/h2-4,10-11,15-18H,5-7H2,1H3,(H,24,26)/t10-,11-,15-,16+,17-,18+/m1/s1. The summed E-state index contributed by atoms with van der Waals surface area (Å²) in [5.41, 5.74) is 1.30. The molecule has 0 aromatic heterocycles. The van der Waals surface area contributed by atoms with Gasteiger partial charge in [0.1, 0.15) is 6.54 Å². The van der Waals surface area contributed by atoms with Gasteiger partial charge in [0.15, 0.2) is 6.61 Å². The molecule has 160 valence electrons. The van der Waals surface area contributed by atoms with Gasteiger partial charge in [0.2, 0.25) is 11.8 Å². The number of halogens is 3. The molecular weight excluding hydrogens is 455 g/mol. The Hall–Kier alpha value is -1.83. The van der Waals surface area contributed by atoms with Crippen molar-refractivity contribution in [3.05, 3.63) is 28.8 Å². The van der Waals surface area contributed by atoms with Crippen LogP contribution in [0.15, 0.2) is 18.2 Å². The lowest BCUT2D eigenvalue weighted by molar-refractivity contribution is -0.154. The molecule has 0 unspecified atom stereocenters. The van der Waals surface area contributed by atoms with Crippen LogP contribution < -0.4 is 5.32 Å². The summed E-state index contributed by atoms with van der Waals surface area (Å²) in [6.07, 6.45) is 0.649. The van der Waals surface area contributed by atoms with Crippen molar-refractivity contribution in [1.29, 1.82) is 0 Å². The molecule has 2 aliphatic carbocycles. The maximum absolute atomic E-state index is 12.7. The molecule has 1 aromatic carbocycles. The number of amides is 3. The number of likely N-dealkylation sites (tertiary alicyclic amines) is 1. The molecule has 1 heterocycles. The van der Waals surface area contributed by atoms with Crippen LogP contribution in [-0.2, 0) is 23.9 Å². The van der Waals surface area contributed by atoms with E-state index in [4.69, 9.17) is 39.5 Å². The molecule has 2 saturated carbocycles. The summed E-state index contributed by atoms with van der Waals surface area (Å²) in [5, 5.41) is 2.34. The first-order valence-electron chi connectivity index (χ1n) is 9.54. The number of fused-ring (bicyclic) bond motifs is 5. The summed E-state index contributed by atoms with van der Waals surface area (Å²) >= 11 is 18.5. The van der Waals surface area contributed by atoms with Gasteiger partial charge in [-0.2, -0.15) is 0 Å². The van der Waals surface area contributed by atoms with E-state index in [1.165, 1.54) is 0 Å².